The number of imidazole rings is 1. The van der Waals surface area contributed by atoms with Crippen LogP contribution < -0.4 is 5.32 Å². The van der Waals surface area contributed by atoms with E-state index in [4.69, 9.17) is 23.2 Å². The van der Waals surface area contributed by atoms with Crippen molar-refractivity contribution < 1.29 is 4.79 Å². The summed E-state index contributed by atoms with van der Waals surface area (Å²) in [6.45, 7) is 0. The molecule has 128 valence electrons. The Labute approximate surface area is 160 Å². The zero-order valence-electron chi connectivity index (χ0n) is 13.5. The highest BCUT2D eigenvalue weighted by molar-refractivity contribution is 6.35. The van der Waals surface area contributed by atoms with Crippen molar-refractivity contribution in [3.63, 3.8) is 0 Å². The smallest absolute Gasteiger partial charge is 0.255 e. The lowest BCUT2D eigenvalue weighted by atomic mass is 10.1. The molecule has 0 spiro atoms. The van der Waals surface area contributed by atoms with Crippen LogP contribution in [0.3, 0.4) is 0 Å². The second-order valence-corrected chi connectivity index (χ2v) is 6.62. The zero-order valence-corrected chi connectivity index (χ0v) is 15.0. The SMILES string of the molecule is O=C(Nc1ccccc1-c1cn2ccccc2n1)c1cc(Cl)cc(Cl)c1. The van der Waals surface area contributed by atoms with Gasteiger partial charge in [0.1, 0.15) is 5.65 Å². The van der Waals surface area contributed by atoms with E-state index in [1.807, 2.05) is 59.3 Å². The van der Waals surface area contributed by atoms with Crippen LogP contribution in [0.15, 0.2) is 73.1 Å². The number of carbonyl (C=O) groups excluding carboxylic acids is 1. The fourth-order valence-corrected chi connectivity index (χ4v) is 3.29. The second-order valence-electron chi connectivity index (χ2n) is 5.75. The largest absolute Gasteiger partial charge is 0.321 e. The third-order valence-corrected chi connectivity index (χ3v) is 4.38. The lowest BCUT2D eigenvalue weighted by Gasteiger charge is -2.10. The van der Waals surface area contributed by atoms with E-state index in [0.717, 1.165) is 16.9 Å². The number of aromatic nitrogens is 2. The molecular weight excluding hydrogens is 369 g/mol. The molecule has 6 heteroatoms. The van der Waals surface area contributed by atoms with Crippen molar-refractivity contribution in [3.8, 4) is 11.3 Å². The van der Waals surface area contributed by atoms with Gasteiger partial charge in [0.15, 0.2) is 0 Å². The number of pyridine rings is 1. The fraction of sp³-hybridized carbons (Fsp3) is 0. The highest BCUT2D eigenvalue weighted by Gasteiger charge is 2.13. The first-order valence-corrected chi connectivity index (χ1v) is 8.66. The Morgan fingerprint density at radius 1 is 0.962 bits per heavy atom. The lowest BCUT2D eigenvalue weighted by Crippen LogP contribution is -2.12. The number of rotatable bonds is 3. The minimum Gasteiger partial charge on any atom is -0.321 e. The molecule has 26 heavy (non-hydrogen) atoms. The van der Waals surface area contributed by atoms with Gasteiger partial charge in [-0.1, -0.05) is 47.5 Å². The monoisotopic (exact) mass is 381 g/mol. The average Bonchev–Trinajstić information content (AvgIpc) is 3.05. The van der Waals surface area contributed by atoms with Gasteiger partial charge >= 0.3 is 0 Å². The molecular formula is C20H13Cl2N3O. The Hall–Kier alpha value is -2.82. The molecule has 0 unspecified atom stereocenters. The summed E-state index contributed by atoms with van der Waals surface area (Å²) in [4.78, 5) is 17.2. The Kier molecular flexibility index (Phi) is 4.37. The number of carbonyl (C=O) groups is 1. The zero-order chi connectivity index (χ0) is 18.1. The van der Waals surface area contributed by atoms with Crippen LogP contribution in [-0.2, 0) is 0 Å². The van der Waals surface area contributed by atoms with Crippen LogP contribution in [0.4, 0.5) is 5.69 Å². The highest BCUT2D eigenvalue weighted by atomic mass is 35.5. The van der Waals surface area contributed by atoms with Crippen molar-refractivity contribution in [2.24, 2.45) is 0 Å². The Balaban J connectivity index is 1.70. The number of fused-ring (bicyclic) bond motifs is 1. The van der Waals surface area contributed by atoms with Gasteiger partial charge in [-0.25, -0.2) is 4.98 Å². The van der Waals surface area contributed by atoms with E-state index in [9.17, 15) is 4.79 Å². The summed E-state index contributed by atoms with van der Waals surface area (Å²) in [5.74, 6) is -0.286. The fourth-order valence-electron chi connectivity index (χ4n) is 2.76. The molecule has 0 saturated heterocycles. The predicted molar refractivity (Wildman–Crippen MR) is 105 cm³/mol. The Morgan fingerprint density at radius 2 is 1.69 bits per heavy atom. The summed E-state index contributed by atoms with van der Waals surface area (Å²) >= 11 is 12.0. The van der Waals surface area contributed by atoms with Crippen molar-refractivity contribution in [1.82, 2.24) is 9.38 Å². The van der Waals surface area contributed by atoms with Crippen LogP contribution in [0.5, 0.6) is 0 Å². The van der Waals surface area contributed by atoms with E-state index in [2.05, 4.69) is 10.3 Å². The maximum Gasteiger partial charge on any atom is 0.255 e. The van der Waals surface area contributed by atoms with Crippen molar-refractivity contribution in [2.45, 2.75) is 0 Å². The minimum absolute atomic E-state index is 0.286. The summed E-state index contributed by atoms with van der Waals surface area (Å²) in [5, 5.41) is 3.75. The predicted octanol–water partition coefficient (Wildman–Crippen LogP) is 5.56. The quantitative estimate of drug-likeness (QED) is 0.504. The number of hydrogen-bond acceptors (Lipinski definition) is 2. The molecule has 2 aromatic heterocycles. The third kappa shape index (κ3) is 3.29. The van der Waals surface area contributed by atoms with Crippen molar-refractivity contribution in [2.75, 3.05) is 5.32 Å². The van der Waals surface area contributed by atoms with Crippen molar-refractivity contribution in [3.05, 3.63) is 88.7 Å². The minimum atomic E-state index is -0.286. The highest BCUT2D eigenvalue weighted by Crippen LogP contribution is 2.28. The standard InChI is InChI=1S/C20H13Cl2N3O/c21-14-9-13(10-15(22)11-14)20(26)24-17-6-2-1-5-16(17)18-12-25-8-4-3-7-19(25)23-18/h1-12H,(H,24,26). The van der Waals surface area contributed by atoms with E-state index < -0.39 is 0 Å². The molecule has 0 atom stereocenters. The topological polar surface area (TPSA) is 46.4 Å². The van der Waals surface area contributed by atoms with Crippen LogP contribution in [0.1, 0.15) is 10.4 Å². The summed E-state index contributed by atoms with van der Waals surface area (Å²) in [7, 11) is 0. The van der Waals surface area contributed by atoms with Gasteiger partial charge in [0.2, 0.25) is 0 Å². The van der Waals surface area contributed by atoms with Gasteiger partial charge in [0, 0.05) is 33.6 Å². The number of para-hydroxylation sites is 1. The maximum atomic E-state index is 12.6. The number of benzene rings is 2. The molecule has 0 saturated carbocycles. The molecule has 4 rings (SSSR count). The molecule has 2 aromatic carbocycles. The van der Waals surface area contributed by atoms with E-state index in [-0.39, 0.29) is 5.91 Å². The van der Waals surface area contributed by atoms with Crippen LogP contribution >= 0.6 is 23.2 Å². The average molecular weight is 382 g/mol. The van der Waals surface area contributed by atoms with Gasteiger partial charge in [-0.3, -0.25) is 4.79 Å². The van der Waals surface area contributed by atoms with Gasteiger partial charge in [-0.2, -0.15) is 0 Å². The van der Waals surface area contributed by atoms with Crippen LogP contribution in [0, 0.1) is 0 Å². The van der Waals surface area contributed by atoms with Gasteiger partial charge in [0.25, 0.3) is 5.91 Å². The van der Waals surface area contributed by atoms with Crippen molar-refractivity contribution >= 4 is 40.4 Å². The van der Waals surface area contributed by atoms with Crippen molar-refractivity contribution in [1.29, 1.82) is 0 Å². The van der Waals surface area contributed by atoms with Gasteiger partial charge in [-0.15, -0.1) is 0 Å². The molecule has 0 aliphatic heterocycles. The van der Waals surface area contributed by atoms with Crippen LogP contribution in [-0.4, -0.2) is 15.3 Å². The summed E-state index contributed by atoms with van der Waals surface area (Å²) in [6, 6.07) is 18.1. The molecule has 0 aliphatic carbocycles. The number of amides is 1. The first-order chi connectivity index (χ1) is 12.6. The Morgan fingerprint density at radius 3 is 2.46 bits per heavy atom. The van der Waals surface area contributed by atoms with E-state index >= 15 is 0 Å². The van der Waals surface area contributed by atoms with Crippen LogP contribution in [0.2, 0.25) is 10.0 Å². The molecule has 0 aliphatic rings. The molecule has 2 heterocycles. The number of hydrogen-bond donors (Lipinski definition) is 1. The molecule has 4 aromatic rings. The first kappa shape index (κ1) is 16.6. The van der Waals surface area contributed by atoms with E-state index in [1.54, 1.807) is 18.2 Å². The molecule has 1 N–H and O–H groups in total. The molecule has 0 fully saturated rings. The van der Waals surface area contributed by atoms with Crippen LogP contribution in [0.25, 0.3) is 16.9 Å². The van der Waals surface area contributed by atoms with Gasteiger partial charge in [0.05, 0.1) is 11.4 Å². The third-order valence-electron chi connectivity index (χ3n) is 3.94. The lowest BCUT2D eigenvalue weighted by molar-refractivity contribution is 0.102. The first-order valence-electron chi connectivity index (χ1n) is 7.91. The number of nitrogens with zero attached hydrogens (tertiary/aromatic N) is 2. The molecule has 0 radical (unpaired) electrons. The van der Waals surface area contributed by atoms with Gasteiger partial charge in [-0.05, 0) is 36.4 Å². The normalized spacial score (nSPS) is 10.8. The molecule has 4 nitrogen and oxygen atoms in total. The Bertz CT molecular complexity index is 1070. The van der Waals surface area contributed by atoms with E-state index in [1.165, 1.54) is 0 Å². The van der Waals surface area contributed by atoms with E-state index in [0.29, 0.717) is 21.3 Å². The summed E-state index contributed by atoms with van der Waals surface area (Å²) < 4.78 is 1.94. The van der Waals surface area contributed by atoms with Gasteiger partial charge < -0.3 is 9.72 Å². The molecule has 1 amide bonds. The number of nitrogens with one attached hydrogen (secondary N) is 1. The maximum absolute atomic E-state index is 12.6. The number of halogens is 2. The number of anilines is 1. The molecule has 0 bridgehead atoms. The summed E-state index contributed by atoms with van der Waals surface area (Å²) in [5.41, 5.74) is 3.50. The summed E-state index contributed by atoms with van der Waals surface area (Å²) in [6.07, 6.45) is 3.86. The second kappa shape index (κ2) is 6.83.